The number of likely N-dealkylation sites (tertiary alicyclic amines) is 1. The minimum atomic E-state index is -3.19. The number of amides is 1. The fraction of sp³-hybridized carbons (Fsp3) is 0.500. The van der Waals surface area contributed by atoms with E-state index in [1.54, 1.807) is 0 Å². The second-order valence-corrected chi connectivity index (χ2v) is 9.67. The molecule has 0 aliphatic carbocycles. The Morgan fingerprint density at radius 3 is 2.88 bits per heavy atom. The van der Waals surface area contributed by atoms with Gasteiger partial charge in [-0.3, -0.25) is 4.79 Å². The van der Waals surface area contributed by atoms with E-state index in [4.69, 9.17) is 0 Å². The van der Waals surface area contributed by atoms with Crippen molar-refractivity contribution >= 4 is 37.4 Å². The van der Waals surface area contributed by atoms with Gasteiger partial charge in [-0.2, -0.15) is 0 Å². The molecule has 1 saturated heterocycles. The van der Waals surface area contributed by atoms with Crippen LogP contribution in [0.15, 0.2) is 24.3 Å². The number of nitrogens with one attached hydrogen (secondary N) is 1. The smallest absolute Gasteiger partial charge is 0.264 e. The molecule has 1 fully saturated rings. The maximum absolute atomic E-state index is 13.0. The molecule has 1 N–H and O–H groups in total. The van der Waals surface area contributed by atoms with Gasteiger partial charge in [0.2, 0.25) is 10.0 Å². The van der Waals surface area contributed by atoms with Gasteiger partial charge < -0.3 is 4.90 Å². The summed E-state index contributed by atoms with van der Waals surface area (Å²) in [5.74, 6) is 0.0721. The molecule has 2 heterocycles. The molecular formula is C18H24N2O3S2. The summed E-state index contributed by atoms with van der Waals surface area (Å²) in [5, 5.41) is 1.11. The third kappa shape index (κ3) is 4.59. The zero-order valence-electron chi connectivity index (χ0n) is 14.6. The molecule has 3 rings (SSSR count). The predicted molar refractivity (Wildman–Crippen MR) is 103 cm³/mol. The molecule has 0 radical (unpaired) electrons. The van der Waals surface area contributed by atoms with Crippen LogP contribution in [0.4, 0.5) is 0 Å². The lowest BCUT2D eigenvalue weighted by Crippen LogP contribution is -2.45. The Hall–Kier alpha value is -1.44. The lowest BCUT2D eigenvalue weighted by Gasteiger charge is -2.35. The van der Waals surface area contributed by atoms with Crippen molar-refractivity contribution in [1.29, 1.82) is 0 Å². The van der Waals surface area contributed by atoms with Crippen molar-refractivity contribution < 1.29 is 13.2 Å². The summed E-state index contributed by atoms with van der Waals surface area (Å²) in [7, 11) is -3.19. The number of carbonyl (C=O) groups excluding carboxylic acids is 1. The van der Waals surface area contributed by atoms with Crippen LogP contribution in [-0.2, 0) is 10.0 Å². The number of aryl methyl sites for hydroxylation is 1. The molecule has 7 heteroatoms. The normalized spacial score (nSPS) is 18.6. The molecule has 1 unspecified atom stereocenters. The average molecular weight is 381 g/mol. The van der Waals surface area contributed by atoms with Gasteiger partial charge in [0.15, 0.2) is 0 Å². The molecule has 2 aromatic rings. The Morgan fingerprint density at radius 2 is 2.12 bits per heavy atom. The number of piperidine rings is 1. The summed E-state index contributed by atoms with van der Waals surface area (Å²) < 4.78 is 26.2. The van der Waals surface area contributed by atoms with E-state index in [9.17, 15) is 13.2 Å². The Labute approximate surface area is 153 Å². The van der Waals surface area contributed by atoms with E-state index >= 15 is 0 Å². The van der Waals surface area contributed by atoms with Gasteiger partial charge in [-0.1, -0.05) is 17.7 Å². The van der Waals surface area contributed by atoms with Crippen LogP contribution in [0.1, 0.15) is 40.9 Å². The second-order valence-electron chi connectivity index (χ2n) is 6.76. The van der Waals surface area contributed by atoms with Crippen molar-refractivity contribution in [2.24, 2.45) is 0 Å². The zero-order chi connectivity index (χ0) is 18.0. The van der Waals surface area contributed by atoms with E-state index in [-0.39, 0.29) is 11.9 Å². The molecule has 0 saturated carbocycles. The number of thiophene rings is 1. The SMILES string of the molecule is Cc1ccc2sc(C(=O)N3CCCCC3CCNS(C)(=O)=O)cc2c1. The van der Waals surface area contributed by atoms with Crippen LogP contribution in [0.25, 0.3) is 10.1 Å². The Balaban J connectivity index is 1.75. The number of fused-ring (bicyclic) bond motifs is 1. The Kier molecular flexibility index (Phi) is 5.46. The van der Waals surface area contributed by atoms with Crippen molar-refractivity contribution in [2.75, 3.05) is 19.3 Å². The van der Waals surface area contributed by atoms with Crippen LogP contribution in [-0.4, -0.2) is 44.6 Å². The summed E-state index contributed by atoms with van der Waals surface area (Å²) >= 11 is 1.54. The van der Waals surface area contributed by atoms with E-state index in [0.717, 1.165) is 47.0 Å². The van der Waals surface area contributed by atoms with Crippen molar-refractivity contribution in [1.82, 2.24) is 9.62 Å². The molecule has 1 aliphatic heterocycles. The van der Waals surface area contributed by atoms with Gasteiger partial charge in [0, 0.05) is 23.8 Å². The second kappa shape index (κ2) is 7.43. The van der Waals surface area contributed by atoms with Gasteiger partial charge in [-0.25, -0.2) is 13.1 Å². The van der Waals surface area contributed by atoms with Crippen LogP contribution in [0.5, 0.6) is 0 Å². The summed E-state index contributed by atoms with van der Waals surface area (Å²) in [5.41, 5.74) is 1.19. The fourth-order valence-corrected chi connectivity index (χ4v) is 4.88. The number of hydrogen-bond donors (Lipinski definition) is 1. The van der Waals surface area contributed by atoms with E-state index in [1.807, 2.05) is 17.9 Å². The lowest BCUT2D eigenvalue weighted by molar-refractivity contribution is 0.0609. The molecule has 1 aromatic carbocycles. The fourth-order valence-electron chi connectivity index (χ4n) is 3.39. The van der Waals surface area contributed by atoms with Crippen molar-refractivity contribution in [3.63, 3.8) is 0 Å². The summed E-state index contributed by atoms with van der Waals surface area (Å²) in [6.07, 6.45) is 4.84. The van der Waals surface area contributed by atoms with Crippen LogP contribution in [0.3, 0.4) is 0 Å². The third-order valence-corrected chi connectivity index (χ3v) is 6.44. The molecule has 0 spiro atoms. The highest BCUT2D eigenvalue weighted by molar-refractivity contribution is 7.88. The van der Waals surface area contributed by atoms with E-state index in [2.05, 4.69) is 22.9 Å². The Bertz CT molecular complexity index is 874. The van der Waals surface area contributed by atoms with E-state index in [0.29, 0.717) is 13.0 Å². The zero-order valence-corrected chi connectivity index (χ0v) is 16.3. The number of rotatable bonds is 5. The van der Waals surface area contributed by atoms with Crippen molar-refractivity contribution in [3.05, 3.63) is 34.7 Å². The van der Waals surface area contributed by atoms with Crippen LogP contribution in [0.2, 0.25) is 0 Å². The molecular weight excluding hydrogens is 356 g/mol. The van der Waals surface area contributed by atoms with Gasteiger partial charge in [0.25, 0.3) is 5.91 Å². The number of carbonyl (C=O) groups is 1. The molecule has 136 valence electrons. The minimum absolute atomic E-state index is 0.0721. The van der Waals surface area contributed by atoms with Crippen LogP contribution < -0.4 is 4.72 Å². The number of hydrogen-bond acceptors (Lipinski definition) is 4. The van der Waals surface area contributed by atoms with E-state index < -0.39 is 10.0 Å². The third-order valence-electron chi connectivity index (χ3n) is 4.61. The molecule has 0 bridgehead atoms. The highest BCUT2D eigenvalue weighted by Gasteiger charge is 2.28. The highest BCUT2D eigenvalue weighted by Crippen LogP contribution is 2.29. The number of sulfonamides is 1. The molecule has 1 amide bonds. The first-order chi connectivity index (χ1) is 11.8. The maximum Gasteiger partial charge on any atom is 0.264 e. The average Bonchev–Trinajstić information content (AvgIpc) is 2.96. The van der Waals surface area contributed by atoms with Crippen molar-refractivity contribution in [3.8, 4) is 0 Å². The first-order valence-corrected chi connectivity index (χ1v) is 11.3. The topological polar surface area (TPSA) is 66.5 Å². The summed E-state index contributed by atoms with van der Waals surface area (Å²) in [4.78, 5) is 15.7. The summed E-state index contributed by atoms with van der Waals surface area (Å²) in [6.45, 7) is 3.17. The lowest BCUT2D eigenvalue weighted by atomic mass is 9.99. The standard InChI is InChI=1S/C18H24N2O3S2/c1-13-6-7-16-14(11-13)12-17(24-16)18(21)20-10-4-3-5-15(20)8-9-19-25(2,22)23/h6-7,11-12,15,19H,3-5,8-10H2,1-2H3. The first kappa shape index (κ1) is 18.4. The van der Waals surface area contributed by atoms with Crippen LogP contribution in [0, 0.1) is 6.92 Å². The van der Waals surface area contributed by atoms with Crippen molar-refractivity contribution in [2.45, 2.75) is 38.6 Å². The van der Waals surface area contributed by atoms with Gasteiger partial charge in [-0.05, 0) is 50.1 Å². The summed E-state index contributed by atoms with van der Waals surface area (Å²) in [6, 6.07) is 8.31. The molecule has 1 aliphatic rings. The molecule has 1 aromatic heterocycles. The quantitative estimate of drug-likeness (QED) is 0.866. The maximum atomic E-state index is 13.0. The predicted octanol–water partition coefficient (Wildman–Crippen LogP) is 3.14. The molecule has 5 nitrogen and oxygen atoms in total. The number of benzene rings is 1. The largest absolute Gasteiger partial charge is 0.335 e. The molecule has 25 heavy (non-hydrogen) atoms. The first-order valence-electron chi connectivity index (χ1n) is 8.59. The van der Waals surface area contributed by atoms with Gasteiger partial charge >= 0.3 is 0 Å². The number of nitrogens with zero attached hydrogens (tertiary/aromatic N) is 1. The van der Waals surface area contributed by atoms with E-state index in [1.165, 1.54) is 16.9 Å². The Morgan fingerprint density at radius 1 is 1.32 bits per heavy atom. The molecule has 1 atom stereocenters. The van der Waals surface area contributed by atoms with Gasteiger partial charge in [0.1, 0.15) is 0 Å². The minimum Gasteiger partial charge on any atom is -0.335 e. The van der Waals surface area contributed by atoms with Gasteiger partial charge in [-0.15, -0.1) is 11.3 Å². The highest BCUT2D eigenvalue weighted by atomic mass is 32.2. The monoisotopic (exact) mass is 380 g/mol. The van der Waals surface area contributed by atoms with Crippen LogP contribution >= 0.6 is 11.3 Å². The van der Waals surface area contributed by atoms with Gasteiger partial charge in [0.05, 0.1) is 11.1 Å².